The van der Waals surface area contributed by atoms with Gasteiger partial charge in [-0.25, -0.2) is 0 Å². The van der Waals surface area contributed by atoms with E-state index in [0.29, 0.717) is 0 Å². The second-order valence-electron chi connectivity index (χ2n) is 4.33. The van der Waals surface area contributed by atoms with Crippen molar-refractivity contribution in [3.8, 4) is 0 Å². The number of halogens is 1. The first-order valence-corrected chi connectivity index (χ1v) is 6.55. The molecular formula is C13H18BrNO2. The molecule has 1 saturated heterocycles. The highest BCUT2D eigenvalue weighted by atomic mass is 79.9. The van der Waals surface area contributed by atoms with E-state index < -0.39 is 0 Å². The van der Waals surface area contributed by atoms with Gasteiger partial charge < -0.3 is 9.47 Å². The number of hydrogen-bond donors (Lipinski definition) is 0. The van der Waals surface area contributed by atoms with E-state index in [2.05, 4.69) is 39.0 Å². The predicted molar refractivity (Wildman–Crippen MR) is 71.0 cm³/mol. The van der Waals surface area contributed by atoms with E-state index in [-0.39, 0.29) is 12.2 Å². The third-order valence-electron chi connectivity index (χ3n) is 3.25. The molecule has 1 aromatic carbocycles. The summed E-state index contributed by atoms with van der Waals surface area (Å²) in [5.74, 6) is 0. The molecule has 1 aromatic rings. The van der Waals surface area contributed by atoms with E-state index in [1.54, 1.807) is 14.2 Å². The Morgan fingerprint density at radius 1 is 1.18 bits per heavy atom. The van der Waals surface area contributed by atoms with E-state index in [1.165, 1.54) is 5.56 Å². The molecule has 0 amide bonds. The van der Waals surface area contributed by atoms with E-state index in [0.717, 1.165) is 24.1 Å². The standard InChI is InChI=1S/C13H18BrNO2/c1-16-12-8-15(9-13(12)17-2)7-10-5-3-4-6-11(10)14/h3-6,12-13H,7-9H2,1-2H3. The fraction of sp³-hybridized carbons (Fsp3) is 0.538. The molecule has 0 radical (unpaired) electrons. The molecular weight excluding hydrogens is 282 g/mol. The summed E-state index contributed by atoms with van der Waals surface area (Å²) in [6.07, 6.45) is 0.366. The topological polar surface area (TPSA) is 21.7 Å². The van der Waals surface area contributed by atoms with Crippen molar-refractivity contribution in [2.24, 2.45) is 0 Å². The number of ether oxygens (including phenoxy) is 2. The Kier molecular flexibility index (Phi) is 4.56. The Morgan fingerprint density at radius 2 is 1.76 bits per heavy atom. The van der Waals surface area contributed by atoms with Crippen LogP contribution in [0.5, 0.6) is 0 Å². The van der Waals surface area contributed by atoms with Crippen molar-refractivity contribution in [3.63, 3.8) is 0 Å². The molecule has 1 fully saturated rings. The van der Waals surface area contributed by atoms with Crippen LogP contribution in [0.2, 0.25) is 0 Å². The summed E-state index contributed by atoms with van der Waals surface area (Å²) in [5, 5.41) is 0. The second kappa shape index (κ2) is 5.96. The Hall–Kier alpha value is -0.420. The fourth-order valence-electron chi connectivity index (χ4n) is 2.27. The van der Waals surface area contributed by atoms with Crippen LogP contribution in [0.15, 0.2) is 28.7 Å². The molecule has 2 atom stereocenters. The Labute approximate surface area is 111 Å². The Balaban J connectivity index is 1.99. The van der Waals surface area contributed by atoms with Crippen molar-refractivity contribution < 1.29 is 9.47 Å². The first-order valence-electron chi connectivity index (χ1n) is 5.76. The summed E-state index contributed by atoms with van der Waals surface area (Å²) in [6.45, 7) is 2.79. The Bertz CT molecular complexity index is 360. The van der Waals surface area contributed by atoms with Gasteiger partial charge in [0.2, 0.25) is 0 Å². The van der Waals surface area contributed by atoms with Crippen molar-refractivity contribution in [1.82, 2.24) is 4.90 Å². The van der Waals surface area contributed by atoms with Crippen molar-refractivity contribution in [1.29, 1.82) is 0 Å². The molecule has 2 rings (SSSR count). The zero-order valence-corrected chi connectivity index (χ0v) is 11.8. The molecule has 0 aliphatic carbocycles. The maximum atomic E-state index is 5.43. The molecule has 0 spiro atoms. The highest BCUT2D eigenvalue weighted by Crippen LogP contribution is 2.22. The SMILES string of the molecule is COC1CN(Cc2ccccc2Br)CC1OC. The maximum Gasteiger partial charge on any atom is 0.0971 e. The summed E-state index contributed by atoms with van der Waals surface area (Å²) in [5.41, 5.74) is 1.30. The number of likely N-dealkylation sites (tertiary alicyclic amines) is 1. The van der Waals surface area contributed by atoms with E-state index in [4.69, 9.17) is 9.47 Å². The summed E-state index contributed by atoms with van der Waals surface area (Å²) in [6, 6.07) is 8.32. The zero-order chi connectivity index (χ0) is 12.3. The van der Waals surface area contributed by atoms with Crippen LogP contribution in [0.1, 0.15) is 5.56 Å². The minimum Gasteiger partial charge on any atom is -0.377 e. The lowest BCUT2D eigenvalue weighted by Gasteiger charge is -2.16. The molecule has 94 valence electrons. The summed E-state index contributed by atoms with van der Waals surface area (Å²) in [4.78, 5) is 2.36. The van der Waals surface area contributed by atoms with Crippen LogP contribution in [0.4, 0.5) is 0 Å². The number of nitrogens with zero attached hydrogens (tertiary/aromatic N) is 1. The first-order chi connectivity index (χ1) is 8.24. The van der Waals surface area contributed by atoms with Gasteiger partial charge in [-0.3, -0.25) is 4.90 Å². The molecule has 1 heterocycles. The smallest absolute Gasteiger partial charge is 0.0971 e. The molecule has 1 aliphatic heterocycles. The summed E-state index contributed by atoms with van der Waals surface area (Å²) >= 11 is 3.58. The second-order valence-corrected chi connectivity index (χ2v) is 5.19. The maximum absolute atomic E-state index is 5.43. The number of methoxy groups -OCH3 is 2. The van der Waals surface area contributed by atoms with Gasteiger partial charge >= 0.3 is 0 Å². The van der Waals surface area contributed by atoms with Crippen molar-refractivity contribution in [2.45, 2.75) is 18.8 Å². The van der Waals surface area contributed by atoms with Gasteiger partial charge in [-0.15, -0.1) is 0 Å². The van der Waals surface area contributed by atoms with Crippen molar-refractivity contribution >= 4 is 15.9 Å². The van der Waals surface area contributed by atoms with Crippen LogP contribution < -0.4 is 0 Å². The van der Waals surface area contributed by atoms with Gasteiger partial charge in [0.1, 0.15) is 0 Å². The highest BCUT2D eigenvalue weighted by molar-refractivity contribution is 9.10. The lowest BCUT2D eigenvalue weighted by atomic mass is 10.2. The quantitative estimate of drug-likeness (QED) is 0.851. The van der Waals surface area contributed by atoms with Crippen LogP contribution >= 0.6 is 15.9 Å². The van der Waals surface area contributed by atoms with E-state index >= 15 is 0 Å². The summed E-state index contributed by atoms with van der Waals surface area (Å²) < 4.78 is 12.0. The Morgan fingerprint density at radius 3 is 2.29 bits per heavy atom. The molecule has 2 unspecified atom stereocenters. The summed E-state index contributed by atoms with van der Waals surface area (Å²) in [7, 11) is 3.50. The number of hydrogen-bond acceptors (Lipinski definition) is 3. The van der Waals surface area contributed by atoms with Gasteiger partial charge in [0, 0.05) is 38.3 Å². The van der Waals surface area contributed by atoms with Crippen molar-refractivity contribution in [3.05, 3.63) is 34.3 Å². The van der Waals surface area contributed by atoms with Gasteiger partial charge in [0.05, 0.1) is 12.2 Å². The fourth-order valence-corrected chi connectivity index (χ4v) is 2.68. The van der Waals surface area contributed by atoms with Gasteiger partial charge in [-0.1, -0.05) is 34.1 Å². The van der Waals surface area contributed by atoms with Crippen LogP contribution in [0.25, 0.3) is 0 Å². The molecule has 0 N–H and O–H groups in total. The van der Waals surface area contributed by atoms with Gasteiger partial charge in [-0.2, -0.15) is 0 Å². The molecule has 17 heavy (non-hydrogen) atoms. The lowest BCUT2D eigenvalue weighted by molar-refractivity contribution is -0.00461. The highest BCUT2D eigenvalue weighted by Gasteiger charge is 2.32. The molecule has 0 bridgehead atoms. The molecule has 0 aromatic heterocycles. The molecule has 3 nitrogen and oxygen atoms in total. The minimum atomic E-state index is 0.183. The van der Waals surface area contributed by atoms with E-state index in [9.17, 15) is 0 Å². The van der Waals surface area contributed by atoms with Crippen molar-refractivity contribution in [2.75, 3.05) is 27.3 Å². The van der Waals surface area contributed by atoms with E-state index in [1.807, 2.05) is 6.07 Å². The van der Waals surface area contributed by atoms with Crippen LogP contribution in [0.3, 0.4) is 0 Å². The molecule has 0 saturated carbocycles. The van der Waals surface area contributed by atoms with Gasteiger partial charge in [0.15, 0.2) is 0 Å². The number of rotatable bonds is 4. The van der Waals surface area contributed by atoms with Crippen LogP contribution in [-0.4, -0.2) is 44.4 Å². The molecule has 4 heteroatoms. The zero-order valence-electron chi connectivity index (χ0n) is 10.2. The average Bonchev–Trinajstić information content (AvgIpc) is 2.74. The minimum absolute atomic E-state index is 0.183. The molecule has 1 aliphatic rings. The average molecular weight is 300 g/mol. The monoisotopic (exact) mass is 299 g/mol. The predicted octanol–water partition coefficient (Wildman–Crippen LogP) is 2.29. The third kappa shape index (κ3) is 3.07. The van der Waals surface area contributed by atoms with Crippen LogP contribution in [0, 0.1) is 0 Å². The number of benzene rings is 1. The largest absolute Gasteiger partial charge is 0.377 e. The third-order valence-corrected chi connectivity index (χ3v) is 4.02. The van der Waals surface area contributed by atoms with Gasteiger partial charge in [-0.05, 0) is 11.6 Å². The lowest BCUT2D eigenvalue weighted by Crippen LogP contribution is -2.27. The van der Waals surface area contributed by atoms with Crippen LogP contribution in [-0.2, 0) is 16.0 Å². The normalized spacial score (nSPS) is 25.4. The van der Waals surface area contributed by atoms with Gasteiger partial charge in [0.25, 0.3) is 0 Å². The first kappa shape index (κ1) is 13.0.